The minimum atomic E-state index is 0.967. The van der Waals surface area contributed by atoms with E-state index in [2.05, 4.69) is 6.92 Å². The molecule has 0 amide bonds. The molecule has 0 fully saturated rings. The zero-order chi connectivity index (χ0) is 14.7. The molecule has 0 heterocycles. The molecule has 0 unspecified atom stereocenters. The Bertz CT molecular complexity index is 143. The molecule has 0 rings (SSSR count). The summed E-state index contributed by atoms with van der Waals surface area (Å²) in [6.45, 7) is 3.29. The van der Waals surface area contributed by atoms with E-state index in [9.17, 15) is 0 Å². The normalized spacial score (nSPS) is 11.1. The van der Waals surface area contributed by atoms with Crippen LogP contribution >= 0.6 is 0 Å². The van der Waals surface area contributed by atoms with Crippen molar-refractivity contribution in [2.24, 2.45) is 0 Å². The quantitative estimate of drug-likeness (QED) is 0.216. The van der Waals surface area contributed by atoms with Crippen LogP contribution in [0, 0.1) is 0 Å². The summed E-state index contributed by atoms with van der Waals surface area (Å²) in [4.78, 5) is 0. The summed E-state index contributed by atoms with van der Waals surface area (Å²) >= 11 is 0.967. The van der Waals surface area contributed by atoms with Gasteiger partial charge in [0, 0.05) is 0 Å². The van der Waals surface area contributed by atoms with Gasteiger partial charge in [0.2, 0.25) is 0 Å². The van der Waals surface area contributed by atoms with Gasteiger partial charge in [0.15, 0.2) is 0 Å². The van der Waals surface area contributed by atoms with Crippen LogP contribution in [0.2, 0.25) is 0 Å². The molecule has 0 atom stereocenters. The van der Waals surface area contributed by atoms with E-state index in [0.29, 0.717) is 0 Å². The number of hydrogen-bond donors (Lipinski definition) is 0. The van der Waals surface area contributed by atoms with Crippen LogP contribution in [0.4, 0.5) is 0 Å². The van der Waals surface area contributed by atoms with Gasteiger partial charge in [-0.2, -0.15) is 0 Å². The Hall–Kier alpha value is 0.759. The first-order chi connectivity index (χ1) is 9.91. The number of hydrogen-bond acceptors (Lipinski definition) is 1. The van der Waals surface area contributed by atoms with E-state index in [-0.39, 0.29) is 0 Å². The Balaban J connectivity index is 2.89. The van der Waals surface area contributed by atoms with Gasteiger partial charge in [0.25, 0.3) is 0 Å². The van der Waals surface area contributed by atoms with Crippen molar-refractivity contribution in [3.8, 4) is 0 Å². The second-order valence-corrected chi connectivity index (χ2v) is 7.13. The van der Waals surface area contributed by atoms with E-state index in [4.69, 9.17) is 3.07 Å². The van der Waals surface area contributed by atoms with E-state index >= 15 is 0 Å². The van der Waals surface area contributed by atoms with Gasteiger partial charge >= 0.3 is 96.8 Å². The Kier molecular flexibility index (Phi) is 20.5. The van der Waals surface area contributed by atoms with Crippen LogP contribution < -0.4 is 0 Å². The van der Waals surface area contributed by atoms with Crippen LogP contribution in [0.1, 0.15) is 110 Å². The van der Waals surface area contributed by atoms with Gasteiger partial charge in [-0.3, -0.25) is 0 Å². The predicted octanol–water partition coefficient (Wildman–Crippen LogP) is 6.08. The van der Waals surface area contributed by atoms with Crippen molar-refractivity contribution >= 4 is 22.9 Å². The molecule has 1 nitrogen and oxygen atoms in total. The Morgan fingerprint density at radius 2 is 0.800 bits per heavy atom. The van der Waals surface area contributed by atoms with Gasteiger partial charge in [-0.1, -0.05) is 45.4 Å². The molecule has 0 aliphatic carbocycles. The fourth-order valence-corrected chi connectivity index (χ4v) is 3.21. The topological polar surface area (TPSA) is 9.23 Å². The van der Waals surface area contributed by atoms with E-state index in [1.165, 1.54) is 103 Å². The van der Waals surface area contributed by atoms with E-state index in [1.54, 1.807) is 0 Å². The Morgan fingerprint density at radius 3 is 1.10 bits per heavy atom. The maximum absolute atomic E-state index is 5.19. The molecule has 0 spiro atoms. The third-order valence-electron chi connectivity index (χ3n) is 4.12. The predicted molar refractivity (Wildman–Crippen MR) is 92.6 cm³/mol. The van der Waals surface area contributed by atoms with E-state index < -0.39 is 0 Å². The van der Waals surface area contributed by atoms with Gasteiger partial charge < -0.3 is 0 Å². The zero-order valence-electron chi connectivity index (χ0n) is 14.0. The van der Waals surface area contributed by atoms with Gasteiger partial charge in [0.05, 0.1) is 0 Å². The van der Waals surface area contributed by atoms with Crippen molar-refractivity contribution in [1.29, 1.82) is 0 Å². The van der Waals surface area contributed by atoms with Gasteiger partial charge in [-0.25, -0.2) is 0 Å². The fraction of sp³-hybridized carbons (Fsp3) is 1.00. The average Bonchev–Trinajstić information content (AvgIpc) is 2.47. The van der Waals surface area contributed by atoms with Gasteiger partial charge in [0.1, 0.15) is 0 Å². The summed E-state index contributed by atoms with van der Waals surface area (Å²) in [5.74, 6) is 0. The zero-order valence-corrected chi connectivity index (χ0v) is 17.3. The standard InChI is InChI=1S/C18H37O.Sn.H/c1-2-3-4-5-6-7-8-9-10-11-12-13-14-15-16-17-18-19;;/h2-18H2,1H3;;/q-1;+1;. The van der Waals surface area contributed by atoms with E-state index in [0.717, 1.165) is 29.5 Å². The van der Waals surface area contributed by atoms with E-state index in [1.807, 2.05) is 0 Å². The minimum absolute atomic E-state index is 0.967. The third-order valence-corrected chi connectivity index (χ3v) is 4.79. The first-order valence-corrected chi connectivity index (χ1v) is 10.6. The van der Waals surface area contributed by atoms with Crippen molar-refractivity contribution < 1.29 is 3.07 Å². The van der Waals surface area contributed by atoms with Crippen LogP contribution in [0.5, 0.6) is 0 Å². The molecule has 0 aromatic heterocycles. The Labute approximate surface area is 142 Å². The average molecular weight is 389 g/mol. The third kappa shape index (κ3) is 18.8. The second-order valence-electron chi connectivity index (χ2n) is 6.17. The summed E-state index contributed by atoms with van der Waals surface area (Å²) in [6, 6.07) is 0. The summed E-state index contributed by atoms with van der Waals surface area (Å²) in [6.07, 6.45) is 23.0. The molecule has 120 valence electrons. The van der Waals surface area contributed by atoms with Crippen LogP contribution in [0.3, 0.4) is 0 Å². The summed E-state index contributed by atoms with van der Waals surface area (Å²) in [7, 11) is 0. The molecule has 0 aromatic rings. The molecule has 0 bridgehead atoms. The Morgan fingerprint density at radius 1 is 0.500 bits per heavy atom. The van der Waals surface area contributed by atoms with Crippen LogP contribution in [0.25, 0.3) is 0 Å². The molecular weight excluding hydrogens is 351 g/mol. The van der Waals surface area contributed by atoms with Crippen molar-refractivity contribution in [3.05, 3.63) is 0 Å². The molecule has 0 aliphatic heterocycles. The van der Waals surface area contributed by atoms with Crippen LogP contribution in [-0.4, -0.2) is 29.5 Å². The first kappa shape index (κ1) is 20.8. The molecule has 0 aliphatic rings. The summed E-state index contributed by atoms with van der Waals surface area (Å²) < 4.78 is 5.19. The van der Waals surface area contributed by atoms with Crippen molar-refractivity contribution in [2.75, 3.05) is 6.61 Å². The van der Waals surface area contributed by atoms with Gasteiger partial charge in [-0.05, 0) is 0 Å². The molecule has 0 N–H and O–H groups in total. The first-order valence-electron chi connectivity index (χ1n) is 9.23. The molecule has 0 saturated heterocycles. The molecular formula is C18H38OSn. The monoisotopic (exact) mass is 390 g/mol. The van der Waals surface area contributed by atoms with Crippen LogP contribution in [-0.2, 0) is 3.07 Å². The van der Waals surface area contributed by atoms with Crippen molar-refractivity contribution in [2.45, 2.75) is 110 Å². The van der Waals surface area contributed by atoms with Crippen LogP contribution in [0.15, 0.2) is 0 Å². The summed E-state index contributed by atoms with van der Waals surface area (Å²) in [5, 5.41) is 0. The fourth-order valence-electron chi connectivity index (χ4n) is 2.73. The molecule has 2 radical (unpaired) electrons. The molecule has 2 heteroatoms. The molecule has 20 heavy (non-hydrogen) atoms. The molecule has 0 aromatic carbocycles. The number of rotatable bonds is 17. The number of unbranched alkanes of at least 4 members (excludes halogenated alkanes) is 15. The summed E-state index contributed by atoms with van der Waals surface area (Å²) in [5.41, 5.74) is 0. The van der Waals surface area contributed by atoms with Crippen molar-refractivity contribution in [1.82, 2.24) is 0 Å². The SMILES string of the molecule is CCCCCCCCCCCCCCCCCC[O][SnH]. The molecule has 0 saturated carbocycles. The second kappa shape index (κ2) is 19.8. The van der Waals surface area contributed by atoms with Crippen molar-refractivity contribution in [3.63, 3.8) is 0 Å². The van der Waals surface area contributed by atoms with Gasteiger partial charge in [-0.15, -0.1) is 0 Å². The maximum atomic E-state index is 5.19.